The predicted molar refractivity (Wildman–Crippen MR) is 104 cm³/mol. The van der Waals surface area contributed by atoms with Crippen molar-refractivity contribution in [1.29, 1.82) is 0 Å². The molecule has 6 heteroatoms. The average Bonchev–Trinajstić information content (AvgIpc) is 2.69. The molecule has 26 heavy (non-hydrogen) atoms. The van der Waals surface area contributed by atoms with E-state index in [1.165, 1.54) is 0 Å². The van der Waals surface area contributed by atoms with Crippen LogP contribution >= 0.6 is 0 Å². The predicted octanol–water partition coefficient (Wildman–Crippen LogP) is 3.46. The Bertz CT molecular complexity index is 687. The Labute approximate surface area is 155 Å². The number of hydrogen-bond donors (Lipinski definition) is 1. The summed E-state index contributed by atoms with van der Waals surface area (Å²) in [5.41, 5.74) is 1.28. The molecule has 0 saturated heterocycles. The quantitative estimate of drug-likeness (QED) is 0.519. The van der Waals surface area contributed by atoms with Crippen LogP contribution in [0, 0.1) is 0 Å². The van der Waals surface area contributed by atoms with Gasteiger partial charge in [-0.05, 0) is 33.0 Å². The van der Waals surface area contributed by atoms with E-state index in [1.807, 2.05) is 30.3 Å². The van der Waals surface area contributed by atoms with E-state index < -0.39 is 5.97 Å². The minimum Gasteiger partial charge on any atom is -0.462 e. The van der Waals surface area contributed by atoms with Crippen molar-refractivity contribution in [2.45, 2.75) is 27.2 Å². The molecule has 2 aromatic rings. The monoisotopic (exact) mass is 356 g/mol. The van der Waals surface area contributed by atoms with Crippen molar-refractivity contribution >= 4 is 11.8 Å². The number of nitrogens with zero attached hydrogens (tertiary/aromatic N) is 3. The summed E-state index contributed by atoms with van der Waals surface area (Å²) >= 11 is 0. The molecular weight excluding hydrogens is 328 g/mol. The fraction of sp³-hybridized carbons (Fsp3) is 0.450. The lowest BCUT2D eigenvalue weighted by molar-refractivity contribution is 0.0526. The van der Waals surface area contributed by atoms with Crippen molar-refractivity contribution in [1.82, 2.24) is 14.9 Å². The van der Waals surface area contributed by atoms with Crippen LogP contribution in [0.5, 0.6) is 0 Å². The Morgan fingerprint density at radius 3 is 2.54 bits per heavy atom. The molecule has 2 rings (SSSR count). The van der Waals surface area contributed by atoms with Gasteiger partial charge >= 0.3 is 5.97 Å². The highest BCUT2D eigenvalue weighted by Gasteiger charge is 2.16. The number of nitrogens with one attached hydrogen (secondary N) is 1. The number of ether oxygens (including phenoxy) is 1. The summed E-state index contributed by atoms with van der Waals surface area (Å²) in [5.74, 6) is 0.708. The third kappa shape index (κ3) is 5.52. The molecule has 0 saturated carbocycles. The zero-order valence-corrected chi connectivity index (χ0v) is 15.9. The van der Waals surface area contributed by atoms with E-state index in [1.54, 1.807) is 13.1 Å². The third-order valence-corrected chi connectivity index (χ3v) is 4.15. The smallest absolute Gasteiger partial charge is 0.343 e. The zero-order valence-electron chi connectivity index (χ0n) is 15.9. The molecule has 0 aliphatic heterocycles. The maximum absolute atomic E-state index is 12.2. The molecule has 0 aliphatic carbocycles. The minimum atomic E-state index is -0.404. The van der Waals surface area contributed by atoms with E-state index in [-0.39, 0.29) is 0 Å². The van der Waals surface area contributed by atoms with Crippen molar-refractivity contribution in [2.75, 3.05) is 38.1 Å². The van der Waals surface area contributed by atoms with E-state index in [0.717, 1.165) is 38.2 Å². The second kappa shape index (κ2) is 10.5. The average molecular weight is 356 g/mol. The first-order valence-electron chi connectivity index (χ1n) is 9.25. The molecule has 0 unspecified atom stereocenters. The minimum absolute atomic E-state index is 0.320. The summed E-state index contributed by atoms with van der Waals surface area (Å²) in [7, 11) is 0. The number of carbonyl (C=O) groups excluding carboxylic acids is 1. The number of aromatic nitrogens is 2. The molecule has 0 radical (unpaired) electrons. The Hall–Kier alpha value is -2.47. The van der Waals surface area contributed by atoms with E-state index in [9.17, 15) is 4.79 Å². The number of rotatable bonds is 10. The Morgan fingerprint density at radius 1 is 1.15 bits per heavy atom. The highest BCUT2D eigenvalue weighted by Crippen LogP contribution is 2.20. The van der Waals surface area contributed by atoms with Crippen LogP contribution in [0.4, 0.5) is 5.82 Å². The summed E-state index contributed by atoms with van der Waals surface area (Å²) in [4.78, 5) is 23.5. The van der Waals surface area contributed by atoms with Gasteiger partial charge in [0.25, 0.3) is 0 Å². The number of benzene rings is 1. The van der Waals surface area contributed by atoms with E-state index >= 15 is 0 Å². The van der Waals surface area contributed by atoms with Crippen molar-refractivity contribution in [3.63, 3.8) is 0 Å². The van der Waals surface area contributed by atoms with Crippen LogP contribution in [-0.2, 0) is 4.74 Å². The summed E-state index contributed by atoms with van der Waals surface area (Å²) in [6, 6.07) is 9.72. The molecule has 140 valence electrons. The van der Waals surface area contributed by atoms with Crippen LogP contribution < -0.4 is 5.32 Å². The first kappa shape index (κ1) is 19.8. The molecule has 1 aromatic heterocycles. The standard InChI is InChI=1S/C20H28N4O2/c1-4-24(5-2)14-10-13-21-19-17(20(25)26-6-3)15-22-18(23-19)16-11-8-7-9-12-16/h7-9,11-12,15H,4-6,10,13-14H2,1-3H3,(H,21,22,23). The van der Waals surface area contributed by atoms with Crippen molar-refractivity contribution in [3.8, 4) is 11.4 Å². The number of carbonyl (C=O) groups is 1. The normalized spacial score (nSPS) is 10.8. The lowest BCUT2D eigenvalue weighted by Crippen LogP contribution is -2.25. The largest absolute Gasteiger partial charge is 0.462 e. The summed E-state index contributed by atoms with van der Waals surface area (Å²) in [6.07, 6.45) is 2.51. The van der Waals surface area contributed by atoms with Gasteiger partial charge in [0, 0.05) is 18.3 Å². The van der Waals surface area contributed by atoms with Crippen molar-refractivity contribution < 1.29 is 9.53 Å². The maximum atomic E-state index is 12.2. The van der Waals surface area contributed by atoms with Gasteiger partial charge in [-0.15, -0.1) is 0 Å². The fourth-order valence-corrected chi connectivity index (χ4v) is 2.65. The van der Waals surface area contributed by atoms with Gasteiger partial charge in [0.1, 0.15) is 11.4 Å². The van der Waals surface area contributed by atoms with Gasteiger partial charge in [0.15, 0.2) is 5.82 Å². The van der Waals surface area contributed by atoms with Crippen molar-refractivity contribution in [2.24, 2.45) is 0 Å². The third-order valence-electron chi connectivity index (χ3n) is 4.15. The molecule has 1 N–H and O–H groups in total. The molecule has 6 nitrogen and oxygen atoms in total. The zero-order chi connectivity index (χ0) is 18.8. The molecular formula is C20H28N4O2. The molecule has 0 spiro atoms. The van der Waals surface area contributed by atoms with E-state index in [0.29, 0.717) is 23.8 Å². The Balaban J connectivity index is 2.15. The number of esters is 1. The first-order chi connectivity index (χ1) is 12.7. The molecule has 0 bridgehead atoms. The van der Waals surface area contributed by atoms with E-state index in [4.69, 9.17) is 4.74 Å². The van der Waals surface area contributed by atoms with Gasteiger partial charge in [-0.25, -0.2) is 14.8 Å². The number of hydrogen-bond acceptors (Lipinski definition) is 6. The Morgan fingerprint density at radius 2 is 1.88 bits per heavy atom. The summed E-state index contributed by atoms with van der Waals surface area (Å²) < 4.78 is 5.13. The van der Waals surface area contributed by atoms with Gasteiger partial charge in [-0.2, -0.15) is 0 Å². The highest BCUT2D eigenvalue weighted by atomic mass is 16.5. The molecule has 0 amide bonds. The Kier molecular flexibility index (Phi) is 8.02. The van der Waals surface area contributed by atoms with Crippen LogP contribution in [0.25, 0.3) is 11.4 Å². The second-order valence-corrected chi connectivity index (χ2v) is 5.85. The highest BCUT2D eigenvalue weighted by molar-refractivity contribution is 5.94. The van der Waals surface area contributed by atoms with Gasteiger partial charge < -0.3 is 15.0 Å². The molecule has 1 aromatic carbocycles. The molecule has 1 heterocycles. The van der Waals surface area contributed by atoms with Gasteiger partial charge in [-0.1, -0.05) is 44.2 Å². The van der Waals surface area contributed by atoms with Crippen LogP contribution in [0.15, 0.2) is 36.5 Å². The fourth-order valence-electron chi connectivity index (χ4n) is 2.65. The molecule has 0 atom stereocenters. The van der Waals surface area contributed by atoms with E-state index in [2.05, 4.69) is 34.0 Å². The number of anilines is 1. The molecule has 0 fully saturated rings. The van der Waals surface area contributed by atoms with Crippen LogP contribution in [0.2, 0.25) is 0 Å². The SMILES string of the molecule is CCOC(=O)c1cnc(-c2ccccc2)nc1NCCCN(CC)CC. The van der Waals surface area contributed by atoms with Crippen LogP contribution in [-0.4, -0.2) is 53.6 Å². The lowest BCUT2D eigenvalue weighted by atomic mass is 10.2. The van der Waals surface area contributed by atoms with Gasteiger partial charge in [0.2, 0.25) is 0 Å². The maximum Gasteiger partial charge on any atom is 0.343 e. The van der Waals surface area contributed by atoms with Crippen molar-refractivity contribution in [3.05, 3.63) is 42.1 Å². The topological polar surface area (TPSA) is 67.3 Å². The second-order valence-electron chi connectivity index (χ2n) is 5.85. The lowest BCUT2D eigenvalue weighted by Gasteiger charge is -2.18. The van der Waals surface area contributed by atoms with Crippen LogP contribution in [0.1, 0.15) is 37.6 Å². The van der Waals surface area contributed by atoms with Gasteiger partial charge in [-0.3, -0.25) is 0 Å². The molecule has 0 aliphatic rings. The summed E-state index contributed by atoms with van der Waals surface area (Å²) in [6.45, 7) is 10.2. The summed E-state index contributed by atoms with van der Waals surface area (Å²) in [5, 5.41) is 3.29. The van der Waals surface area contributed by atoms with Gasteiger partial charge in [0.05, 0.1) is 6.61 Å². The first-order valence-corrected chi connectivity index (χ1v) is 9.25. The van der Waals surface area contributed by atoms with Crippen LogP contribution in [0.3, 0.4) is 0 Å².